The molecule has 0 bridgehead atoms. The quantitative estimate of drug-likeness (QED) is 0.847. The molecule has 1 aromatic rings. The Morgan fingerprint density at radius 3 is 2.68 bits per heavy atom. The van der Waals surface area contributed by atoms with Crippen molar-refractivity contribution in [2.75, 3.05) is 43.6 Å². The highest BCUT2D eigenvalue weighted by atomic mass is 32.2. The van der Waals surface area contributed by atoms with Gasteiger partial charge in [0.1, 0.15) is 0 Å². The van der Waals surface area contributed by atoms with E-state index >= 15 is 0 Å². The molecule has 1 heterocycles. The predicted molar refractivity (Wildman–Crippen MR) is 85.6 cm³/mol. The first-order valence-electron chi connectivity index (χ1n) is 6.83. The number of carbonyl (C=O) groups is 2. The third-order valence-corrected chi connectivity index (χ3v) is 4.03. The SMILES string of the molecule is COc1ccc(NC(=O)N2CCSCC2)cc1OCC(N)=O. The molecule has 0 spiro atoms. The number of primary amides is 1. The number of nitrogens with two attached hydrogens (primary N) is 1. The normalized spacial score (nSPS) is 14.3. The average molecular weight is 325 g/mol. The summed E-state index contributed by atoms with van der Waals surface area (Å²) in [6.07, 6.45) is 0. The van der Waals surface area contributed by atoms with Crippen LogP contribution in [0.25, 0.3) is 0 Å². The third kappa shape index (κ3) is 4.45. The summed E-state index contributed by atoms with van der Waals surface area (Å²) in [5.41, 5.74) is 5.64. The van der Waals surface area contributed by atoms with Crippen molar-refractivity contribution in [1.29, 1.82) is 0 Å². The van der Waals surface area contributed by atoms with Crippen LogP contribution >= 0.6 is 11.8 Å². The fourth-order valence-electron chi connectivity index (χ4n) is 1.99. The Kier molecular flexibility index (Phi) is 5.76. The molecule has 8 heteroatoms. The van der Waals surface area contributed by atoms with Crippen LogP contribution in [0, 0.1) is 0 Å². The van der Waals surface area contributed by atoms with Crippen LogP contribution in [0.1, 0.15) is 0 Å². The van der Waals surface area contributed by atoms with Gasteiger partial charge in [0.05, 0.1) is 7.11 Å². The fraction of sp³-hybridized carbons (Fsp3) is 0.429. The van der Waals surface area contributed by atoms with Gasteiger partial charge in [-0.2, -0.15) is 11.8 Å². The molecule has 0 aromatic heterocycles. The summed E-state index contributed by atoms with van der Waals surface area (Å²) in [7, 11) is 1.50. The highest BCUT2D eigenvalue weighted by molar-refractivity contribution is 7.99. The van der Waals surface area contributed by atoms with Crippen molar-refractivity contribution < 1.29 is 19.1 Å². The molecule has 0 unspecified atom stereocenters. The summed E-state index contributed by atoms with van der Waals surface area (Å²) in [6.45, 7) is 1.21. The van der Waals surface area contributed by atoms with E-state index in [-0.39, 0.29) is 12.6 Å². The van der Waals surface area contributed by atoms with Crippen LogP contribution in [0.15, 0.2) is 18.2 Å². The van der Waals surface area contributed by atoms with Crippen LogP contribution in [0.5, 0.6) is 11.5 Å². The van der Waals surface area contributed by atoms with Crippen LogP contribution < -0.4 is 20.5 Å². The van der Waals surface area contributed by atoms with Gasteiger partial charge in [0, 0.05) is 36.3 Å². The lowest BCUT2D eigenvalue weighted by atomic mass is 10.2. The van der Waals surface area contributed by atoms with Crippen LogP contribution in [-0.2, 0) is 4.79 Å². The number of hydrogen-bond acceptors (Lipinski definition) is 5. The van der Waals surface area contributed by atoms with Crippen molar-refractivity contribution in [3.8, 4) is 11.5 Å². The molecule has 1 aromatic carbocycles. The number of rotatable bonds is 5. The average Bonchev–Trinajstić information content (AvgIpc) is 2.54. The predicted octanol–water partition coefficient (Wildman–Crippen LogP) is 1.14. The monoisotopic (exact) mass is 325 g/mol. The number of thioether (sulfide) groups is 1. The number of nitrogens with one attached hydrogen (secondary N) is 1. The second-order valence-corrected chi connectivity index (χ2v) is 5.87. The highest BCUT2D eigenvalue weighted by Gasteiger charge is 2.17. The van der Waals surface area contributed by atoms with Crippen LogP contribution in [0.4, 0.5) is 10.5 Å². The van der Waals surface area contributed by atoms with Gasteiger partial charge in [-0.25, -0.2) is 4.79 Å². The Hall–Kier alpha value is -2.09. The molecule has 1 aliphatic rings. The van der Waals surface area contributed by atoms with Crippen molar-refractivity contribution in [2.45, 2.75) is 0 Å². The van der Waals surface area contributed by atoms with Crippen LogP contribution in [0.3, 0.4) is 0 Å². The van der Waals surface area contributed by atoms with Gasteiger partial charge >= 0.3 is 6.03 Å². The Labute approximate surface area is 133 Å². The molecule has 3 amide bonds. The van der Waals surface area contributed by atoms with Crippen molar-refractivity contribution in [3.05, 3.63) is 18.2 Å². The number of hydrogen-bond donors (Lipinski definition) is 2. The molecule has 1 fully saturated rings. The summed E-state index contributed by atoms with van der Waals surface area (Å²) < 4.78 is 10.4. The van der Waals surface area contributed by atoms with Gasteiger partial charge in [-0.05, 0) is 12.1 Å². The van der Waals surface area contributed by atoms with Gasteiger partial charge < -0.3 is 25.4 Å². The lowest BCUT2D eigenvalue weighted by Gasteiger charge is -2.26. The van der Waals surface area contributed by atoms with Crippen LogP contribution in [0.2, 0.25) is 0 Å². The Balaban J connectivity index is 2.05. The smallest absolute Gasteiger partial charge is 0.321 e. The van der Waals surface area contributed by atoms with Gasteiger partial charge in [-0.3, -0.25) is 4.79 Å². The molecule has 0 radical (unpaired) electrons. The van der Waals surface area contributed by atoms with Crippen molar-refractivity contribution in [1.82, 2.24) is 4.90 Å². The van der Waals surface area contributed by atoms with Gasteiger partial charge in [0.25, 0.3) is 5.91 Å². The van der Waals surface area contributed by atoms with E-state index in [2.05, 4.69) is 5.32 Å². The molecule has 120 valence electrons. The maximum atomic E-state index is 12.2. The standard InChI is InChI=1S/C14H19N3O4S/c1-20-11-3-2-10(8-12(11)21-9-13(15)18)16-14(19)17-4-6-22-7-5-17/h2-3,8H,4-7,9H2,1H3,(H2,15,18)(H,16,19). The largest absolute Gasteiger partial charge is 0.493 e. The number of amides is 3. The van der Waals surface area contributed by atoms with E-state index in [0.717, 1.165) is 24.6 Å². The van der Waals surface area contributed by atoms with Crippen LogP contribution in [-0.4, -0.2) is 55.2 Å². The zero-order valence-corrected chi connectivity index (χ0v) is 13.1. The summed E-state index contributed by atoms with van der Waals surface area (Å²) in [5.74, 6) is 2.13. The van der Waals surface area contributed by atoms with E-state index in [1.54, 1.807) is 23.1 Å². The Bertz CT molecular complexity index is 547. The molecule has 1 saturated heterocycles. The first-order valence-corrected chi connectivity index (χ1v) is 7.98. The minimum atomic E-state index is -0.581. The molecule has 22 heavy (non-hydrogen) atoms. The molecular weight excluding hydrogens is 306 g/mol. The number of anilines is 1. The van der Waals surface area contributed by atoms with Crippen molar-refractivity contribution >= 4 is 29.4 Å². The molecule has 0 atom stereocenters. The first kappa shape index (κ1) is 16.3. The van der Waals surface area contributed by atoms with Gasteiger partial charge in [0.15, 0.2) is 18.1 Å². The summed E-state index contributed by atoms with van der Waals surface area (Å²) in [4.78, 5) is 24.7. The first-order chi connectivity index (χ1) is 10.6. The lowest BCUT2D eigenvalue weighted by molar-refractivity contribution is -0.119. The highest BCUT2D eigenvalue weighted by Crippen LogP contribution is 2.30. The summed E-state index contributed by atoms with van der Waals surface area (Å²) >= 11 is 1.84. The minimum absolute atomic E-state index is 0.147. The van der Waals surface area contributed by atoms with E-state index in [0.29, 0.717) is 17.2 Å². The number of carbonyl (C=O) groups excluding carboxylic acids is 2. The van der Waals surface area contributed by atoms with E-state index in [1.165, 1.54) is 7.11 Å². The van der Waals surface area contributed by atoms with Crippen molar-refractivity contribution in [2.24, 2.45) is 5.73 Å². The molecule has 7 nitrogen and oxygen atoms in total. The van der Waals surface area contributed by atoms with E-state index < -0.39 is 5.91 Å². The zero-order chi connectivity index (χ0) is 15.9. The van der Waals surface area contributed by atoms with Crippen molar-refractivity contribution in [3.63, 3.8) is 0 Å². The number of ether oxygens (including phenoxy) is 2. The topological polar surface area (TPSA) is 93.9 Å². The second kappa shape index (κ2) is 7.79. The molecule has 3 N–H and O–H groups in total. The van der Waals surface area contributed by atoms with Gasteiger partial charge in [-0.1, -0.05) is 0 Å². The lowest BCUT2D eigenvalue weighted by Crippen LogP contribution is -2.40. The summed E-state index contributed by atoms with van der Waals surface area (Å²) in [5, 5.41) is 2.82. The molecule has 2 rings (SSSR count). The number of nitrogens with zero attached hydrogens (tertiary/aromatic N) is 1. The Morgan fingerprint density at radius 2 is 2.05 bits per heavy atom. The molecule has 1 aliphatic heterocycles. The molecule has 0 saturated carbocycles. The maximum Gasteiger partial charge on any atom is 0.321 e. The van der Waals surface area contributed by atoms with E-state index in [4.69, 9.17) is 15.2 Å². The minimum Gasteiger partial charge on any atom is -0.493 e. The Morgan fingerprint density at radius 1 is 1.32 bits per heavy atom. The van der Waals surface area contributed by atoms with E-state index in [9.17, 15) is 9.59 Å². The van der Waals surface area contributed by atoms with E-state index in [1.807, 2.05) is 11.8 Å². The second-order valence-electron chi connectivity index (χ2n) is 4.65. The molecular formula is C14H19N3O4S. The molecule has 0 aliphatic carbocycles. The zero-order valence-electron chi connectivity index (χ0n) is 12.3. The number of urea groups is 1. The fourth-order valence-corrected chi connectivity index (χ4v) is 2.89. The number of methoxy groups -OCH3 is 1. The van der Waals surface area contributed by atoms with Gasteiger partial charge in [0.2, 0.25) is 0 Å². The third-order valence-electron chi connectivity index (χ3n) is 3.08. The maximum absolute atomic E-state index is 12.2. The number of benzene rings is 1. The summed E-state index contributed by atoms with van der Waals surface area (Å²) in [6, 6.07) is 4.84. The van der Waals surface area contributed by atoms with Gasteiger partial charge in [-0.15, -0.1) is 0 Å².